The Balaban J connectivity index is 2.69. The lowest BCUT2D eigenvalue weighted by atomic mass is 10.1. The average Bonchev–Trinajstić information content (AvgIpc) is 2.26. The van der Waals surface area contributed by atoms with E-state index in [9.17, 15) is 4.79 Å². The number of benzene rings is 1. The highest BCUT2D eigenvalue weighted by Gasteiger charge is 2.16. The molecule has 0 saturated carbocycles. The topological polar surface area (TPSA) is 26.3 Å². The molecule has 1 rings (SSSR count). The second kappa shape index (κ2) is 5.54. The number of hydrogen-bond acceptors (Lipinski definition) is 2. The van der Waals surface area contributed by atoms with Crippen LogP contribution in [0.5, 0.6) is 0 Å². The van der Waals surface area contributed by atoms with Crippen LogP contribution in [0.1, 0.15) is 38.9 Å². The van der Waals surface area contributed by atoms with Crippen LogP contribution in [0.25, 0.3) is 0 Å². The molecule has 0 N–H and O–H groups in total. The van der Waals surface area contributed by atoms with Crippen molar-refractivity contribution in [1.29, 1.82) is 0 Å². The van der Waals surface area contributed by atoms with Gasteiger partial charge in [0.1, 0.15) is 6.10 Å². The van der Waals surface area contributed by atoms with Gasteiger partial charge in [-0.1, -0.05) is 51.1 Å². The molecule has 1 aromatic carbocycles. The van der Waals surface area contributed by atoms with Crippen molar-refractivity contribution >= 4 is 5.97 Å². The van der Waals surface area contributed by atoms with E-state index in [1.165, 1.54) is 0 Å². The first kappa shape index (κ1) is 11.8. The quantitative estimate of drug-likeness (QED) is 0.706. The SMILES string of the molecule is CC[C@H](OC(=O)C(C)C)c1ccccc1. The third-order valence-corrected chi connectivity index (χ3v) is 2.27. The highest BCUT2D eigenvalue weighted by Crippen LogP contribution is 2.21. The Kier molecular flexibility index (Phi) is 4.35. The third kappa shape index (κ3) is 3.39. The molecule has 0 aliphatic rings. The van der Waals surface area contributed by atoms with E-state index >= 15 is 0 Å². The van der Waals surface area contributed by atoms with Crippen molar-refractivity contribution in [2.24, 2.45) is 5.92 Å². The first-order valence-corrected chi connectivity index (χ1v) is 5.40. The summed E-state index contributed by atoms with van der Waals surface area (Å²) in [5.41, 5.74) is 1.06. The van der Waals surface area contributed by atoms with Gasteiger partial charge in [-0.15, -0.1) is 0 Å². The van der Waals surface area contributed by atoms with E-state index in [-0.39, 0.29) is 18.0 Å². The van der Waals surface area contributed by atoms with Crippen LogP contribution in [0.2, 0.25) is 0 Å². The standard InChI is InChI=1S/C13H18O2/c1-4-12(15-13(14)10(2)3)11-8-6-5-7-9-11/h5-10,12H,4H2,1-3H3/t12-/m0/s1. The maximum atomic E-state index is 11.5. The fraction of sp³-hybridized carbons (Fsp3) is 0.462. The summed E-state index contributed by atoms with van der Waals surface area (Å²) in [5.74, 6) is -0.200. The summed E-state index contributed by atoms with van der Waals surface area (Å²) in [7, 11) is 0. The van der Waals surface area contributed by atoms with Crippen LogP contribution in [-0.4, -0.2) is 5.97 Å². The number of hydrogen-bond donors (Lipinski definition) is 0. The van der Waals surface area contributed by atoms with Gasteiger partial charge in [0.15, 0.2) is 0 Å². The van der Waals surface area contributed by atoms with E-state index in [0.29, 0.717) is 0 Å². The molecule has 1 aromatic rings. The van der Waals surface area contributed by atoms with Crippen LogP contribution < -0.4 is 0 Å². The van der Waals surface area contributed by atoms with Gasteiger partial charge in [0.05, 0.1) is 5.92 Å². The van der Waals surface area contributed by atoms with Gasteiger partial charge < -0.3 is 4.74 Å². The molecule has 0 saturated heterocycles. The summed E-state index contributed by atoms with van der Waals surface area (Å²) in [5, 5.41) is 0. The smallest absolute Gasteiger partial charge is 0.308 e. The zero-order valence-electron chi connectivity index (χ0n) is 9.57. The molecule has 0 aliphatic heterocycles. The minimum absolute atomic E-state index is 0.0669. The molecule has 0 unspecified atom stereocenters. The van der Waals surface area contributed by atoms with Gasteiger partial charge in [-0.2, -0.15) is 0 Å². The molecule has 82 valence electrons. The van der Waals surface area contributed by atoms with Crippen molar-refractivity contribution in [1.82, 2.24) is 0 Å². The van der Waals surface area contributed by atoms with Gasteiger partial charge in [0.25, 0.3) is 0 Å². The number of carbonyl (C=O) groups excluding carboxylic acids is 1. The Morgan fingerprint density at radius 3 is 2.33 bits per heavy atom. The first-order valence-electron chi connectivity index (χ1n) is 5.40. The summed E-state index contributed by atoms with van der Waals surface area (Å²) < 4.78 is 5.41. The second-order valence-corrected chi connectivity index (χ2v) is 3.90. The van der Waals surface area contributed by atoms with Crippen molar-refractivity contribution in [3.63, 3.8) is 0 Å². The van der Waals surface area contributed by atoms with Crippen molar-refractivity contribution in [3.05, 3.63) is 35.9 Å². The lowest BCUT2D eigenvalue weighted by molar-refractivity contribution is -0.153. The minimum atomic E-state index is -0.134. The molecule has 0 amide bonds. The summed E-state index contributed by atoms with van der Waals surface area (Å²) in [6.07, 6.45) is 0.698. The van der Waals surface area contributed by atoms with Gasteiger partial charge in [0, 0.05) is 0 Å². The molecule has 0 bridgehead atoms. The number of carbonyl (C=O) groups is 1. The normalized spacial score (nSPS) is 12.5. The molecule has 2 heteroatoms. The predicted molar refractivity (Wildman–Crippen MR) is 60.4 cm³/mol. The van der Waals surface area contributed by atoms with E-state index in [1.54, 1.807) is 0 Å². The molecule has 0 fully saturated rings. The summed E-state index contributed by atoms with van der Waals surface area (Å²) >= 11 is 0. The van der Waals surface area contributed by atoms with E-state index in [0.717, 1.165) is 12.0 Å². The van der Waals surface area contributed by atoms with Crippen LogP contribution in [0, 0.1) is 5.92 Å². The summed E-state index contributed by atoms with van der Waals surface area (Å²) in [4.78, 5) is 11.5. The fourth-order valence-electron chi connectivity index (χ4n) is 1.33. The zero-order valence-corrected chi connectivity index (χ0v) is 9.57. The highest BCUT2D eigenvalue weighted by atomic mass is 16.5. The van der Waals surface area contributed by atoms with E-state index in [4.69, 9.17) is 4.74 Å². The molecular weight excluding hydrogens is 188 g/mol. The second-order valence-electron chi connectivity index (χ2n) is 3.90. The Hall–Kier alpha value is -1.31. The molecule has 0 radical (unpaired) electrons. The van der Waals surface area contributed by atoms with Crippen LogP contribution in [-0.2, 0) is 9.53 Å². The molecule has 0 aliphatic carbocycles. The molecule has 0 aromatic heterocycles. The van der Waals surface area contributed by atoms with Gasteiger partial charge in [-0.25, -0.2) is 0 Å². The minimum Gasteiger partial charge on any atom is -0.457 e. The summed E-state index contributed by atoms with van der Waals surface area (Å²) in [6.45, 7) is 5.71. The monoisotopic (exact) mass is 206 g/mol. The van der Waals surface area contributed by atoms with Crippen LogP contribution in [0.3, 0.4) is 0 Å². The Labute approximate surface area is 91.3 Å². The van der Waals surface area contributed by atoms with Crippen molar-refractivity contribution in [3.8, 4) is 0 Å². The molecule has 15 heavy (non-hydrogen) atoms. The largest absolute Gasteiger partial charge is 0.457 e. The maximum Gasteiger partial charge on any atom is 0.308 e. The van der Waals surface area contributed by atoms with Crippen molar-refractivity contribution in [2.45, 2.75) is 33.3 Å². The first-order chi connectivity index (χ1) is 7.15. The number of ether oxygens (including phenoxy) is 1. The van der Waals surface area contributed by atoms with Crippen LogP contribution in [0.15, 0.2) is 30.3 Å². The lowest BCUT2D eigenvalue weighted by Gasteiger charge is -2.17. The van der Waals surface area contributed by atoms with Gasteiger partial charge in [-0.3, -0.25) is 4.79 Å². The zero-order chi connectivity index (χ0) is 11.3. The van der Waals surface area contributed by atoms with E-state index in [1.807, 2.05) is 51.1 Å². The predicted octanol–water partition coefficient (Wildman–Crippen LogP) is 3.34. The molecule has 2 nitrogen and oxygen atoms in total. The highest BCUT2D eigenvalue weighted by molar-refractivity contribution is 5.71. The van der Waals surface area contributed by atoms with Crippen molar-refractivity contribution in [2.75, 3.05) is 0 Å². The number of rotatable bonds is 4. The molecular formula is C13H18O2. The molecule has 0 heterocycles. The Bertz CT molecular complexity index is 304. The molecule has 0 spiro atoms. The lowest BCUT2D eigenvalue weighted by Crippen LogP contribution is -2.15. The third-order valence-electron chi connectivity index (χ3n) is 2.27. The number of esters is 1. The molecule has 1 atom stereocenters. The van der Waals surface area contributed by atoms with Crippen LogP contribution in [0.4, 0.5) is 0 Å². The maximum absolute atomic E-state index is 11.5. The Morgan fingerprint density at radius 1 is 1.27 bits per heavy atom. The van der Waals surface area contributed by atoms with Gasteiger partial charge in [0.2, 0.25) is 0 Å². The van der Waals surface area contributed by atoms with Crippen molar-refractivity contribution < 1.29 is 9.53 Å². The Morgan fingerprint density at radius 2 is 1.87 bits per heavy atom. The van der Waals surface area contributed by atoms with Gasteiger partial charge in [-0.05, 0) is 12.0 Å². The average molecular weight is 206 g/mol. The van der Waals surface area contributed by atoms with E-state index in [2.05, 4.69) is 0 Å². The van der Waals surface area contributed by atoms with Crippen LogP contribution >= 0.6 is 0 Å². The summed E-state index contributed by atoms with van der Waals surface area (Å²) in [6, 6.07) is 9.85. The fourth-order valence-corrected chi connectivity index (χ4v) is 1.33. The van der Waals surface area contributed by atoms with Gasteiger partial charge >= 0.3 is 5.97 Å². The van der Waals surface area contributed by atoms with E-state index < -0.39 is 0 Å².